The molecule has 0 atom stereocenters. The lowest BCUT2D eigenvalue weighted by Gasteiger charge is -2.26. The molecule has 0 radical (unpaired) electrons. The maximum atomic E-state index is 4.27. The minimum absolute atomic E-state index is 0.197. The number of nitrogens with one attached hydrogen (secondary N) is 1. The predicted molar refractivity (Wildman–Crippen MR) is 126 cm³/mol. The summed E-state index contributed by atoms with van der Waals surface area (Å²) in [4.78, 5) is 0. The van der Waals surface area contributed by atoms with Gasteiger partial charge in [-0.2, -0.15) is 12.6 Å². The van der Waals surface area contributed by atoms with Gasteiger partial charge in [-0.1, -0.05) is 98.3 Å². The van der Waals surface area contributed by atoms with Gasteiger partial charge in [0.2, 0.25) is 0 Å². The molecule has 0 aliphatic heterocycles. The fourth-order valence-electron chi connectivity index (χ4n) is 3.32. The number of rotatable bonds is 12. The van der Waals surface area contributed by atoms with E-state index in [9.17, 15) is 0 Å². The molecule has 0 fully saturated rings. The van der Waals surface area contributed by atoms with Crippen molar-refractivity contribution in [2.24, 2.45) is 0 Å². The molecular formula is C25H45NS. The summed E-state index contributed by atoms with van der Waals surface area (Å²) in [5, 5.41) is 3.67. The van der Waals surface area contributed by atoms with E-state index in [-0.39, 0.29) is 10.8 Å². The van der Waals surface area contributed by atoms with Crippen molar-refractivity contribution < 1.29 is 0 Å². The van der Waals surface area contributed by atoms with Crippen LogP contribution in [-0.2, 0) is 17.4 Å². The molecule has 1 aromatic rings. The molecular weight excluding hydrogens is 346 g/mol. The maximum absolute atomic E-state index is 4.27. The van der Waals surface area contributed by atoms with Crippen molar-refractivity contribution in [2.45, 2.75) is 110 Å². The van der Waals surface area contributed by atoms with E-state index in [2.05, 4.69) is 77.7 Å². The maximum Gasteiger partial charge on any atom is 0.0205 e. The summed E-state index contributed by atoms with van der Waals surface area (Å²) < 4.78 is 0. The van der Waals surface area contributed by atoms with Gasteiger partial charge in [-0.15, -0.1) is 0 Å². The number of hydrogen-bond donors (Lipinski definition) is 2. The summed E-state index contributed by atoms with van der Waals surface area (Å²) in [6, 6.07) is 7.19. The molecule has 0 unspecified atom stereocenters. The lowest BCUT2D eigenvalue weighted by atomic mass is 9.79. The average Bonchev–Trinajstić information content (AvgIpc) is 2.58. The molecule has 156 valence electrons. The summed E-state index contributed by atoms with van der Waals surface area (Å²) in [6.07, 6.45) is 10.9. The predicted octanol–water partition coefficient (Wildman–Crippen LogP) is 7.42. The third-order valence-electron chi connectivity index (χ3n) is 5.32. The van der Waals surface area contributed by atoms with Crippen LogP contribution in [0.4, 0.5) is 0 Å². The second-order valence-electron chi connectivity index (χ2n) is 10.1. The molecule has 1 nitrogen and oxygen atoms in total. The number of unbranched alkanes of at least 4 members (excludes halogenated alkanes) is 7. The quantitative estimate of drug-likeness (QED) is 0.279. The van der Waals surface area contributed by atoms with Crippen LogP contribution < -0.4 is 5.32 Å². The van der Waals surface area contributed by atoms with E-state index in [1.807, 2.05) is 0 Å². The van der Waals surface area contributed by atoms with Gasteiger partial charge in [0.25, 0.3) is 0 Å². The second-order valence-corrected chi connectivity index (χ2v) is 10.6. The molecule has 1 N–H and O–H groups in total. The highest BCUT2D eigenvalue weighted by Crippen LogP contribution is 2.30. The van der Waals surface area contributed by atoms with Gasteiger partial charge in [-0.3, -0.25) is 0 Å². The molecule has 0 amide bonds. The van der Waals surface area contributed by atoms with Gasteiger partial charge in [-0.05, 0) is 52.7 Å². The Hall–Kier alpha value is -0.470. The molecule has 0 heterocycles. The molecule has 0 spiro atoms. The van der Waals surface area contributed by atoms with Gasteiger partial charge in [0.15, 0.2) is 0 Å². The highest BCUT2D eigenvalue weighted by atomic mass is 32.1. The Labute approximate surface area is 175 Å². The van der Waals surface area contributed by atoms with E-state index >= 15 is 0 Å². The Morgan fingerprint density at radius 3 is 1.56 bits per heavy atom. The van der Waals surface area contributed by atoms with Crippen LogP contribution in [0.1, 0.15) is 110 Å². The Balaban J connectivity index is 2.36. The van der Waals surface area contributed by atoms with Gasteiger partial charge in [-0.25, -0.2) is 0 Å². The monoisotopic (exact) mass is 391 g/mol. The molecule has 2 heteroatoms. The van der Waals surface area contributed by atoms with Gasteiger partial charge in [0.1, 0.15) is 0 Å². The lowest BCUT2D eigenvalue weighted by molar-refractivity contribution is 0.551. The largest absolute Gasteiger partial charge is 0.313 e. The molecule has 0 saturated heterocycles. The highest BCUT2D eigenvalue weighted by molar-refractivity contribution is 7.80. The van der Waals surface area contributed by atoms with E-state index in [1.54, 1.807) is 0 Å². The van der Waals surface area contributed by atoms with E-state index in [0.29, 0.717) is 0 Å². The zero-order chi connectivity index (χ0) is 20.3. The van der Waals surface area contributed by atoms with Crippen LogP contribution in [0.3, 0.4) is 0 Å². The van der Waals surface area contributed by atoms with E-state index in [4.69, 9.17) is 0 Å². The van der Waals surface area contributed by atoms with Gasteiger partial charge < -0.3 is 5.32 Å². The molecule has 0 aromatic heterocycles. The van der Waals surface area contributed by atoms with Crippen molar-refractivity contribution in [1.29, 1.82) is 0 Å². The summed E-state index contributed by atoms with van der Waals surface area (Å²) >= 11 is 4.27. The highest BCUT2D eigenvalue weighted by Gasteiger charge is 2.20. The summed E-state index contributed by atoms with van der Waals surface area (Å²) in [5.41, 5.74) is 4.72. The van der Waals surface area contributed by atoms with E-state index in [1.165, 1.54) is 68.1 Å². The van der Waals surface area contributed by atoms with Gasteiger partial charge in [0, 0.05) is 6.54 Å². The minimum atomic E-state index is 0.197. The fourth-order valence-corrected chi connectivity index (χ4v) is 3.54. The standard InChI is InChI=1S/C25H45NS/c1-24(2,3)22-17-21(18-23(19-22)25(4,5)6)20-26-15-13-11-9-7-8-10-12-14-16-27/h17-19,26-27H,7-16,20H2,1-6H3. The first-order chi connectivity index (χ1) is 12.6. The van der Waals surface area contributed by atoms with Crippen LogP contribution in [-0.4, -0.2) is 12.3 Å². The van der Waals surface area contributed by atoms with E-state index < -0.39 is 0 Å². The summed E-state index contributed by atoms with van der Waals surface area (Å²) in [5.74, 6) is 1.04. The van der Waals surface area contributed by atoms with Crippen molar-refractivity contribution >= 4 is 12.6 Å². The Morgan fingerprint density at radius 2 is 1.11 bits per heavy atom. The summed E-state index contributed by atoms with van der Waals surface area (Å²) in [7, 11) is 0. The third-order valence-corrected chi connectivity index (χ3v) is 5.63. The first-order valence-electron chi connectivity index (χ1n) is 11.1. The number of hydrogen-bond acceptors (Lipinski definition) is 2. The van der Waals surface area contributed by atoms with Gasteiger partial charge >= 0.3 is 0 Å². The Morgan fingerprint density at radius 1 is 0.667 bits per heavy atom. The molecule has 0 saturated carbocycles. The summed E-state index contributed by atoms with van der Waals surface area (Å²) in [6.45, 7) is 16.0. The molecule has 0 aliphatic carbocycles. The van der Waals surface area contributed by atoms with Crippen molar-refractivity contribution in [3.63, 3.8) is 0 Å². The smallest absolute Gasteiger partial charge is 0.0205 e. The van der Waals surface area contributed by atoms with Gasteiger partial charge in [0.05, 0.1) is 0 Å². The topological polar surface area (TPSA) is 12.0 Å². The third kappa shape index (κ3) is 10.6. The minimum Gasteiger partial charge on any atom is -0.313 e. The Kier molecular flexibility index (Phi) is 11.1. The van der Waals surface area contributed by atoms with Crippen LogP contribution in [0.5, 0.6) is 0 Å². The van der Waals surface area contributed by atoms with Crippen LogP contribution in [0.25, 0.3) is 0 Å². The fraction of sp³-hybridized carbons (Fsp3) is 0.760. The number of thiol groups is 1. The van der Waals surface area contributed by atoms with Crippen LogP contribution in [0, 0.1) is 0 Å². The van der Waals surface area contributed by atoms with Crippen molar-refractivity contribution in [2.75, 3.05) is 12.3 Å². The Bertz CT molecular complexity index is 490. The first kappa shape index (κ1) is 24.6. The normalized spacial score (nSPS) is 12.6. The lowest BCUT2D eigenvalue weighted by Crippen LogP contribution is -2.19. The van der Waals surface area contributed by atoms with E-state index in [0.717, 1.165) is 18.8 Å². The van der Waals surface area contributed by atoms with Crippen LogP contribution in [0.15, 0.2) is 18.2 Å². The zero-order valence-corrected chi connectivity index (χ0v) is 19.9. The molecule has 1 rings (SSSR count). The van der Waals surface area contributed by atoms with Crippen LogP contribution >= 0.6 is 12.6 Å². The zero-order valence-electron chi connectivity index (χ0n) is 19.0. The number of benzene rings is 1. The molecule has 27 heavy (non-hydrogen) atoms. The molecule has 0 aliphatic rings. The SMILES string of the molecule is CC(C)(C)c1cc(CNCCCCCCCCCCS)cc(C(C)(C)C)c1. The second kappa shape index (κ2) is 12.2. The molecule has 1 aromatic carbocycles. The van der Waals surface area contributed by atoms with Crippen molar-refractivity contribution in [3.05, 3.63) is 34.9 Å². The van der Waals surface area contributed by atoms with Crippen molar-refractivity contribution in [1.82, 2.24) is 5.32 Å². The van der Waals surface area contributed by atoms with Crippen LogP contribution in [0.2, 0.25) is 0 Å². The average molecular weight is 392 g/mol. The molecule has 0 bridgehead atoms. The first-order valence-corrected chi connectivity index (χ1v) is 11.7. The van der Waals surface area contributed by atoms with Crippen molar-refractivity contribution in [3.8, 4) is 0 Å².